The molecule has 2 rings (SSSR count). The summed E-state index contributed by atoms with van der Waals surface area (Å²) >= 11 is 5.93. The molecule has 1 aromatic heterocycles. The molecule has 1 aliphatic heterocycles. The van der Waals surface area contributed by atoms with Gasteiger partial charge < -0.3 is 4.90 Å². The SMILES string of the molecule is Cc1cc(C(C)C)nc(N2CCCCC2CCCl)n1. The number of piperidine rings is 1. The predicted octanol–water partition coefficient (Wildman–Crippen LogP) is 3.90. The molecule has 0 aromatic carbocycles. The van der Waals surface area contributed by atoms with E-state index in [1.807, 2.05) is 0 Å². The largest absolute Gasteiger partial charge is 0.338 e. The third kappa shape index (κ3) is 3.59. The molecule has 1 unspecified atom stereocenters. The van der Waals surface area contributed by atoms with Crippen LogP contribution in [0.4, 0.5) is 5.95 Å². The minimum absolute atomic E-state index is 0.441. The number of anilines is 1. The van der Waals surface area contributed by atoms with Crippen molar-refractivity contribution in [3.8, 4) is 0 Å². The van der Waals surface area contributed by atoms with Crippen LogP contribution in [0.15, 0.2) is 6.07 Å². The van der Waals surface area contributed by atoms with Crippen molar-refractivity contribution in [1.82, 2.24) is 9.97 Å². The summed E-state index contributed by atoms with van der Waals surface area (Å²) < 4.78 is 0. The monoisotopic (exact) mass is 281 g/mol. The Labute approximate surface area is 121 Å². The van der Waals surface area contributed by atoms with Gasteiger partial charge in [0, 0.05) is 29.9 Å². The maximum Gasteiger partial charge on any atom is 0.226 e. The molecule has 1 saturated heterocycles. The summed E-state index contributed by atoms with van der Waals surface area (Å²) in [7, 11) is 0. The van der Waals surface area contributed by atoms with Crippen LogP contribution in [0, 0.1) is 6.92 Å². The molecule has 106 valence electrons. The van der Waals surface area contributed by atoms with Gasteiger partial charge in [0.1, 0.15) is 0 Å². The molecule has 0 saturated carbocycles. The molecule has 0 bridgehead atoms. The van der Waals surface area contributed by atoms with Gasteiger partial charge in [-0.3, -0.25) is 0 Å². The Balaban J connectivity index is 2.27. The van der Waals surface area contributed by atoms with Crippen molar-refractivity contribution >= 4 is 17.5 Å². The third-order valence-electron chi connectivity index (χ3n) is 3.78. The number of aryl methyl sites for hydroxylation is 1. The first-order valence-electron chi connectivity index (χ1n) is 7.30. The van der Waals surface area contributed by atoms with Gasteiger partial charge in [0.05, 0.1) is 0 Å². The minimum Gasteiger partial charge on any atom is -0.338 e. The van der Waals surface area contributed by atoms with E-state index >= 15 is 0 Å². The highest BCUT2D eigenvalue weighted by molar-refractivity contribution is 6.17. The predicted molar refractivity (Wildman–Crippen MR) is 81.2 cm³/mol. The molecular formula is C15H24ClN3. The molecule has 0 spiro atoms. The summed E-state index contributed by atoms with van der Waals surface area (Å²) in [6.45, 7) is 7.47. The third-order valence-corrected chi connectivity index (χ3v) is 4.00. The molecule has 1 fully saturated rings. The second kappa shape index (κ2) is 6.56. The molecule has 2 heterocycles. The van der Waals surface area contributed by atoms with E-state index < -0.39 is 0 Å². The summed E-state index contributed by atoms with van der Waals surface area (Å²) in [4.78, 5) is 11.8. The van der Waals surface area contributed by atoms with Crippen molar-refractivity contribution in [3.63, 3.8) is 0 Å². The maximum absolute atomic E-state index is 5.93. The smallest absolute Gasteiger partial charge is 0.226 e. The van der Waals surface area contributed by atoms with E-state index in [0.717, 1.165) is 30.3 Å². The van der Waals surface area contributed by atoms with E-state index in [-0.39, 0.29) is 0 Å². The highest BCUT2D eigenvalue weighted by Gasteiger charge is 2.24. The molecule has 0 N–H and O–H groups in total. The topological polar surface area (TPSA) is 29.0 Å². The van der Waals surface area contributed by atoms with E-state index in [0.29, 0.717) is 17.8 Å². The minimum atomic E-state index is 0.441. The first-order chi connectivity index (χ1) is 9.11. The van der Waals surface area contributed by atoms with Crippen LogP contribution in [-0.4, -0.2) is 28.4 Å². The summed E-state index contributed by atoms with van der Waals surface area (Å²) in [5, 5.41) is 0. The summed E-state index contributed by atoms with van der Waals surface area (Å²) in [5.74, 6) is 2.06. The van der Waals surface area contributed by atoms with E-state index in [1.165, 1.54) is 19.3 Å². The maximum atomic E-state index is 5.93. The second-order valence-corrected chi connectivity index (χ2v) is 6.09. The van der Waals surface area contributed by atoms with Gasteiger partial charge in [0.15, 0.2) is 0 Å². The van der Waals surface area contributed by atoms with Gasteiger partial charge in [-0.25, -0.2) is 9.97 Å². The molecule has 4 heteroatoms. The van der Waals surface area contributed by atoms with Gasteiger partial charge in [-0.1, -0.05) is 13.8 Å². The lowest BCUT2D eigenvalue weighted by Crippen LogP contribution is -2.41. The van der Waals surface area contributed by atoms with E-state index in [1.54, 1.807) is 0 Å². The van der Waals surface area contributed by atoms with Crippen molar-refractivity contribution in [1.29, 1.82) is 0 Å². The van der Waals surface area contributed by atoms with Crippen LogP contribution >= 0.6 is 11.6 Å². The first-order valence-corrected chi connectivity index (χ1v) is 7.83. The second-order valence-electron chi connectivity index (χ2n) is 5.71. The van der Waals surface area contributed by atoms with E-state index in [2.05, 4.69) is 36.7 Å². The molecule has 19 heavy (non-hydrogen) atoms. The number of hydrogen-bond donors (Lipinski definition) is 0. The normalized spacial score (nSPS) is 20.1. The Morgan fingerprint density at radius 2 is 2.16 bits per heavy atom. The highest BCUT2D eigenvalue weighted by Crippen LogP contribution is 2.25. The van der Waals surface area contributed by atoms with Gasteiger partial charge in [0.25, 0.3) is 0 Å². The fraction of sp³-hybridized carbons (Fsp3) is 0.733. The average Bonchev–Trinajstić information content (AvgIpc) is 2.39. The van der Waals surface area contributed by atoms with Crippen molar-refractivity contribution in [3.05, 3.63) is 17.5 Å². The number of halogens is 1. The molecule has 3 nitrogen and oxygen atoms in total. The van der Waals surface area contributed by atoms with Gasteiger partial charge >= 0.3 is 0 Å². The fourth-order valence-corrected chi connectivity index (χ4v) is 2.94. The Morgan fingerprint density at radius 3 is 2.84 bits per heavy atom. The molecule has 1 aliphatic rings. The molecular weight excluding hydrogens is 258 g/mol. The number of rotatable bonds is 4. The van der Waals surface area contributed by atoms with Crippen molar-refractivity contribution in [2.24, 2.45) is 0 Å². The summed E-state index contributed by atoms with van der Waals surface area (Å²) in [6, 6.07) is 2.60. The molecule has 0 aliphatic carbocycles. The standard InChI is InChI=1S/C15H24ClN3/c1-11(2)14-10-12(3)17-15(18-14)19-9-5-4-6-13(19)7-8-16/h10-11,13H,4-9H2,1-3H3. The Morgan fingerprint density at radius 1 is 1.37 bits per heavy atom. The highest BCUT2D eigenvalue weighted by atomic mass is 35.5. The zero-order chi connectivity index (χ0) is 13.8. The van der Waals surface area contributed by atoms with Crippen LogP contribution in [0.3, 0.4) is 0 Å². The van der Waals surface area contributed by atoms with Crippen LogP contribution in [0.25, 0.3) is 0 Å². The lowest BCUT2D eigenvalue weighted by atomic mass is 10.0. The van der Waals surface area contributed by atoms with Crippen LogP contribution < -0.4 is 4.90 Å². The van der Waals surface area contributed by atoms with Crippen molar-refractivity contribution < 1.29 is 0 Å². The summed E-state index contributed by atoms with van der Waals surface area (Å²) in [5.41, 5.74) is 2.20. The lowest BCUT2D eigenvalue weighted by molar-refractivity contribution is 0.443. The van der Waals surface area contributed by atoms with Gasteiger partial charge in [0.2, 0.25) is 5.95 Å². The van der Waals surface area contributed by atoms with Gasteiger partial charge in [-0.2, -0.15) is 0 Å². The van der Waals surface area contributed by atoms with Crippen LogP contribution in [0.5, 0.6) is 0 Å². The number of nitrogens with zero attached hydrogens (tertiary/aromatic N) is 3. The zero-order valence-electron chi connectivity index (χ0n) is 12.2. The quantitative estimate of drug-likeness (QED) is 0.784. The Hall–Kier alpha value is -0.830. The average molecular weight is 282 g/mol. The van der Waals surface area contributed by atoms with Gasteiger partial charge in [-0.15, -0.1) is 11.6 Å². The van der Waals surface area contributed by atoms with Crippen LogP contribution in [0.1, 0.15) is 56.8 Å². The van der Waals surface area contributed by atoms with Crippen LogP contribution in [0.2, 0.25) is 0 Å². The lowest BCUT2D eigenvalue weighted by Gasteiger charge is -2.36. The van der Waals surface area contributed by atoms with Crippen molar-refractivity contribution in [2.45, 2.75) is 58.4 Å². The number of hydrogen-bond acceptors (Lipinski definition) is 3. The molecule has 0 radical (unpaired) electrons. The fourth-order valence-electron chi connectivity index (χ4n) is 2.69. The first kappa shape index (κ1) is 14.6. The molecule has 1 atom stereocenters. The van der Waals surface area contributed by atoms with Gasteiger partial charge in [-0.05, 0) is 44.6 Å². The summed E-state index contributed by atoms with van der Waals surface area (Å²) in [6.07, 6.45) is 4.75. The van der Waals surface area contributed by atoms with E-state index in [9.17, 15) is 0 Å². The molecule has 1 aromatic rings. The number of aromatic nitrogens is 2. The zero-order valence-corrected chi connectivity index (χ0v) is 13.0. The van der Waals surface area contributed by atoms with Crippen LogP contribution in [-0.2, 0) is 0 Å². The Bertz CT molecular complexity index is 418. The molecule has 0 amide bonds. The number of alkyl halides is 1. The van der Waals surface area contributed by atoms with Crippen molar-refractivity contribution in [2.75, 3.05) is 17.3 Å². The Kier molecular flexibility index (Phi) is 5.03. The van der Waals surface area contributed by atoms with E-state index in [4.69, 9.17) is 16.6 Å².